The molecule has 1 saturated heterocycles. The number of rotatable bonds is 2. The number of nitrogens with one attached hydrogen (secondary N) is 1. The van der Waals surface area contributed by atoms with Gasteiger partial charge in [-0.1, -0.05) is 0 Å². The fourth-order valence-electron chi connectivity index (χ4n) is 3.52. The van der Waals surface area contributed by atoms with Gasteiger partial charge in [-0.25, -0.2) is 4.68 Å². The molecule has 6 nitrogen and oxygen atoms in total. The molecule has 2 aliphatic heterocycles. The Morgan fingerprint density at radius 1 is 1.06 bits per heavy atom. The first-order valence-corrected chi connectivity index (χ1v) is 7.16. The zero-order valence-electron chi connectivity index (χ0n) is 10.6. The number of piperidine rings is 1. The normalized spacial score (nSPS) is 30.3. The van der Waals surface area contributed by atoms with Crippen molar-refractivity contribution in [1.82, 2.24) is 30.4 Å². The molecular weight excluding hydrogens is 228 g/mol. The smallest absolute Gasteiger partial charge is 0.168 e. The zero-order chi connectivity index (χ0) is 11.9. The van der Waals surface area contributed by atoms with Gasteiger partial charge in [-0.2, -0.15) is 0 Å². The molecule has 0 radical (unpaired) electrons. The highest BCUT2D eigenvalue weighted by Crippen LogP contribution is 2.46. The molecule has 6 heteroatoms. The minimum Gasteiger partial charge on any atom is -0.317 e. The fourth-order valence-corrected chi connectivity index (χ4v) is 3.52. The Labute approximate surface area is 107 Å². The number of hydrogen-bond donors (Lipinski definition) is 1. The Balaban J connectivity index is 1.62. The van der Waals surface area contributed by atoms with Gasteiger partial charge < -0.3 is 5.32 Å². The van der Waals surface area contributed by atoms with E-state index in [4.69, 9.17) is 0 Å². The van der Waals surface area contributed by atoms with E-state index in [2.05, 4.69) is 25.7 Å². The van der Waals surface area contributed by atoms with Crippen LogP contribution in [0.3, 0.4) is 0 Å². The van der Waals surface area contributed by atoms with Crippen molar-refractivity contribution < 1.29 is 0 Å². The fraction of sp³-hybridized carbons (Fsp3) is 0.917. The van der Waals surface area contributed by atoms with Crippen LogP contribution in [0.15, 0.2) is 0 Å². The number of tetrazole rings is 1. The van der Waals surface area contributed by atoms with Crippen molar-refractivity contribution in [3.8, 4) is 0 Å². The van der Waals surface area contributed by atoms with Gasteiger partial charge in [-0.3, -0.25) is 4.90 Å². The van der Waals surface area contributed by atoms with Gasteiger partial charge in [0, 0.05) is 12.6 Å². The molecule has 3 heterocycles. The molecule has 1 aromatic heterocycles. The van der Waals surface area contributed by atoms with Crippen molar-refractivity contribution in [3.05, 3.63) is 5.82 Å². The summed E-state index contributed by atoms with van der Waals surface area (Å²) in [4.78, 5) is 2.70. The number of aromatic nitrogens is 4. The van der Waals surface area contributed by atoms with Crippen LogP contribution in [0.2, 0.25) is 0 Å². The van der Waals surface area contributed by atoms with E-state index in [9.17, 15) is 0 Å². The highest BCUT2D eigenvalue weighted by Gasteiger charge is 2.44. The molecule has 1 atom stereocenters. The van der Waals surface area contributed by atoms with E-state index >= 15 is 0 Å². The number of fused-ring (bicyclic) bond motifs is 1. The lowest BCUT2D eigenvalue weighted by Crippen LogP contribution is -2.49. The average Bonchev–Trinajstić information content (AvgIpc) is 3.15. The third-order valence-electron chi connectivity index (χ3n) is 4.60. The molecule has 3 aliphatic rings. The minimum atomic E-state index is 0.483. The first kappa shape index (κ1) is 10.9. The van der Waals surface area contributed by atoms with E-state index in [1.165, 1.54) is 25.7 Å². The molecule has 1 unspecified atom stereocenters. The van der Waals surface area contributed by atoms with E-state index in [0.29, 0.717) is 6.04 Å². The predicted octanol–water partition coefficient (Wildman–Crippen LogP) is 0.192. The summed E-state index contributed by atoms with van der Waals surface area (Å²) in [7, 11) is 0. The van der Waals surface area contributed by atoms with Crippen molar-refractivity contribution in [2.45, 2.75) is 44.3 Å². The molecule has 1 aromatic rings. The van der Waals surface area contributed by atoms with Crippen LogP contribution >= 0.6 is 0 Å². The van der Waals surface area contributed by atoms with Crippen LogP contribution in [0.5, 0.6) is 0 Å². The molecule has 98 valence electrons. The maximum Gasteiger partial charge on any atom is 0.168 e. The van der Waals surface area contributed by atoms with Gasteiger partial charge in [0.25, 0.3) is 0 Å². The molecule has 0 amide bonds. The summed E-state index contributed by atoms with van der Waals surface area (Å²) in [6, 6.07) is 1.21. The Morgan fingerprint density at radius 2 is 1.89 bits per heavy atom. The Hall–Kier alpha value is -1.01. The third-order valence-corrected chi connectivity index (χ3v) is 4.60. The summed E-state index contributed by atoms with van der Waals surface area (Å²) in [5, 5.41) is 15.7. The third kappa shape index (κ3) is 1.75. The largest absolute Gasteiger partial charge is 0.317 e. The zero-order valence-corrected chi connectivity index (χ0v) is 10.6. The van der Waals surface area contributed by atoms with Crippen LogP contribution in [-0.4, -0.2) is 50.8 Å². The van der Waals surface area contributed by atoms with Crippen LogP contribution in [0.1, 0.15) is 37.5 Å². The molecule has 0 aromatic carbocycles. The maximum atomic E-state index is 4.29. The summed E-state index contributed by atoms with van der Waals surface area (Å²) >= 11 is 0. The summed E-state index contributed by atoms with van der Waals surface area (Å²) in [6.07, 6.45) is 5.23. The summed E-state index contributed by atoms with van der Waals surface area (Å²) in [5.41, 5.74) is 0. The van der Waals surface area contributed by atoms with E-state index in [1.807, 2.05) is 4.68 Å². The predicted molar refractivity (Wildman–Crippen MR) is 65.9 cm³/mol. The molecule has 1 N–H and O–H groups in total. The average molecular weight is 248 g/mol. The highest BCUT2D eigenvalue weighted by molar-refractivity contribution is 5.05. The topological polar surface area (TPSA) is 58.9 Å². The van der Waals surface area contributed by atoms with Crippen molar-refractivity contribution >= 4 is 0 Å². The molecular formula is C12H20N6. The molecule has 0 spiro atoms. The SMILES string of the molecule is C1CC(N2CCn3nnnc3C2C2CC2)CCN1. The summed E-state index contributed by atoms with van der Waals surface area (Å²) < 4.78 is 2.01. The standard InChI is InChI=1S/C12H20N6/c1-2-9(1)11-12-14-15-16-18(12)8-7-17(11)10-3-5-13-6-4-10/h9-11,13H,1-8H2. The van der Waals surface area contributed by atoms with E-state index in [1.54, 1.807) is 0 Å². The maximum absolute atomic E-state index is 4.29. The van der Waals surface area contributed by atoms with Gasteiger partial charge in [0.15, 0.2) is 5.82 Å². The highest BCUT2D eigenvalue weighted by atomic mass is 15.6. The molecule has 18 heavy (non-hydrogen) atoms. The lowest BCUT2D eigenvalue weighted by atomic mass is 9.98. The van der Waals surface area contributed by atoms with Crippen molar-refractivity contribution in [1.29, 1.82) is 0 Å². The minimum absolute atomic E-state index is 0.483. The van der Waals surface area contributed by atoms with Crippen molar-refractivity contribution in [2.24, 2.45) is 5.92 Å². The Morgan fingerprint density at radius 3 is 2.67 bits per heavy atom. The number of nitrogens with zero attached hydrogens (tertiary/aromatic N) is 5. The second-order valence-electron chi connectivity index (χ2n) is 5.76. The summed E-state index contributed by atoms with van der Waals surface area (Å²) in [5.74, 6) is 1.91. The van der Waals surface area contributed by atoms with Crippen LogP contribution in [0.25, 0.3) is 0 Å². The molecule has 0 bridgehead atoms. The van der Waals surface area contributed by atoms with E-state index in [0.717, 1.165) is 44.0 Å². The van der Waals surface area contributed by atoms with Gasteiger partial charge >= 0.3 is 0 Å². The quantitative estimate of drug-likeness (QED) is 0.810. The van der Waals surface area contributed by atoms with E-state index in [-0.39, 0.29) is 0 Å². The van der Waals surface area contributed by atoms with Gasteiger partial charge in [0.1, 0.15) is 0 Å². The van der Waals surface area contributed by atoms with Gasteiger partial charge in [0.2, 0.25) is 0 Å². The van der Waals surface area contributed by atoms with Gasteiger partial charge in [-0.05, 0) is 55.1 Å². The number of hydrogen-bond acceptors (Lipinski definition) is 5. The van der Waals surface area contributed by atoms with Gasteiger partial charge in [0.05, 0.1) is 12.6 Å². The van der Waals surface area contributed by atoms with Crippen LogP contribution in [-0.2, 0) is 6.54 Å². The van der Waals surface area contributed by atoms with Crippen molar-refractivity contribution in [3.63, 3.8) is 0 Å². The van der Waals surface area contributed by atoms with E-state index < -0.39 is 0 Å². The lowest BCUT2D eigenvalue weighted by molar-refractivity contribution is 0.0625. The van der Waals surface area contributed by atoms with Crippen LogP contribution in [0, 0.1) is 5.92 Å². The monoisotopic (exact) mass is 248 g/mol. The van der Waals surface area contributed by atoms with Gasteiger partial charge in [-0.15, -0.1) is 5.10 Å². The molecule has 4 rings (SSSR count). The van der Waals surface area contributed by atoms with Crippen molar-refractivity contribution in [2.75, 3.05) is 19.6 Å². The Kier molecular flexibility index (Phi) is 2.58. The lowest BCUT2D eigenvalue weighted by Gasteiger charge is -2.42. The molecule has 2 fully saturated rings. The second kappa shape index (κ2) is 4.28. The second-order valence-corrected chi connectivity index (χ2v) is 5.76. The first-order valence-electron chi connectivity index (χ1n) is 7.16. The van der Waals surface area contributed by atoms with Crippen LogP contribution in [0.4, 0.5) is 0 Å². The molecule has 1 aliphatic carbocycles. The summed E-state index contributed by atoms with van der Waals surface area (Å²) in [6.45, 7) is 4.38. The molecule has 1 saturated carbocycles. The van der Waals surface area contributed by atoms with Crippen LogP contribution < -0.4 is 5.32 Å². The Bertz CT molecular complexity index is 420. The first-order chi connectivity index (χ1) is 8.93.